The lowest BCUT2D eigenvalue weighted by Gasteiger charge is -2.10. The van der Waals surface area contributed by atoms with Crippen molar-refractivity contribution in [3.8, 4) is 5.88 Å². The fourth-order valence-corrected chi connectivity index (χ4v) is 1.82. The summed E-state index contributed by atoms with van der Waals surface area (Å²) in [6, 6.07) is 4.55. The summed E-state index contributed by atoms with van der Waals surface area (Å²) < 4.78 is 10.9. The maximum Gasteiger partial charge on any atom is 0.233 e. The largest absolute Gasteiger partial charge is 0.471 e. The fraction of sp³-hybridized carbons (Fsp3) is 0.667. The first-order valence-electron chi connectivity index (χ1n) is 6.20. The average Bonchev–Trinajstić information content (AvgIpc) is 3.05. The Hall–Kier alpha value is -1.20. The molecule has 1 unspecified atom stereocenters. The first-order chi connectivity index (χ1) is 8.40. The van der Waals surface area contributed by atoms with E-state index in [1.165, 1.54) is 12.8 Å². The van der Waals surface area contributed by atoms with Crippen molar-refractivity contribution in [2.24, 2.45) is 0 Å². The first kappa shape index (κ1) is 10.9. The van der Waals surface area contributed by atoms with Gasteiger partial charge in [0, 0.05) is 25.1 Å². The van der Waals surface area contributed by atoms with Crippen molar-refractivity contribution >= 4 is 0 Å². The minimum atomic E-state index is 0.139. The first-order valence-corrected chi connectivity index (χ1v) is 6.20. The molecular formula is C12H17N3O2. The van der Waals surface area contributed by atoms with E-state index in [9.17, 15) is 0 Å². The Morgan fingerprint density at radius 1 is 1.29 bits per heavy atom. The maximum atomic E-state index is 5.65. The monoisotopic (exact) mass is 235 g/mol. The molecule has 2 heterocycles. The van der Waals surface area contributed by atoms with Gasteiger partial charge in [-0.05, 0) is 18.9 Å². The molecule has 1 aromatic heterocycles. The summed E-state index contributed by atoms with van der Waals surface area (Å²) in [6.07, 6.45) is 3.65. The molecule has 0 spiro atoms. The number of hydrogen-bond donors (Lipinski definition) is 1. The molecule has 17 heavy (non-hydrogen) atoms. The number of aromatic nitrogens is 2. The van der Waals surface area contributed by atoms with Gasteiger partial charge >= 0.3 is 0 Å². The molecule has 1 aliphatic carbocycles. The SMILES string of the molecule is c1cc(OC2CCOC2)nnc1CNC1CC1. The minimum absolute atomic E-state index is 0.139. The van der Waals surface area contributed by atoms with E-state index in [0.717, 1.165) is 25.3 Å². The zero-order chi connectivity index (χ0) is 11.5. The van der Waals surface area contributed by atoms with Crippen LogP contribution in [-0.4, -0.2) is 35.6 Å². The van der Waals surface area contributed by atoms with E-state index in [1.54, 1.807) is 0 Å². The fourth-order valence-electron chi connectivity index (χ4n) is 1.82. The Morgan fingerprint density at radius 2 is 2.24 bits per heavy atom. The summed E-state index contributed by atoms with van der Waals surface area (Å²) in [5, 5.41) is 11.6. The van der Waals surface area contributed by atoms with Gasteiger partial charge in [-0.15, -0.1) is 5.10 Å². The average molecular weight is 235 g/mol. The third-order valence-electron chi connectivity index (χ3n) is 3.02. The van der Waals surface area contributed by atoms with Crippen LogP contribution in [0.2, 0.25) is 0 Å². The van der Waals surface area contributed by atoms with Crippen LogP contribution >= 0.6 is 0 Å². The van der Waals surface area contributed by atoms with Crippen LogP contribution in [0.15, 0.2) is 12.1 Å². The highest BCUT2D eigenvalue weighted by Crippen LogP contribution is 2.19. The second-order valence-electron chi connectivity index (χ2n) is 4.62. The molecule has 1 N–H and O–H groups in total. The summed E-state index contributed by atoms with van der Waals surface area (Å²) in [5.41, 5.74) is 0.965. The Morgan fingerprint density at radius 3 is 2.88 bits per heavy atom. The summed E-state index contributed by atoms with van der Waals surface area (Å²) in [4.78, 5) is 0. The van der Waals surface area contributed by atoms with E-state index in [4.69, 9.17) is 9.47 Å². The Balaban J connectivity index is 1.51. The maximum absolute atomic E-state index is 5.65. The van der Waals surface area contributed by atoms with Gasteiger partial charge in [-0.2, -0.15) is 5.10 Å². The molecule has 1 atom stereocenters. The van der Waals surface area contributed by atoms with Crippen LogP contribution in [-0.2, 0) is 11.3 Å². The van der Waals surface area contributed by atoms with Crippen molar-refractivity contribution < 1.29 is 9.47 Å². The van der Waals surface area contributed by atoms with Gasteiger partial charge in [0.05, 0.1) is 18.9 Å². The van der Waals surface area contributed by atoms with Crippen molar-refractivity contribution in [1.29, 1.82) is 0 Å². The quantitative estimate of drug-likeness (QED) is 0.821. The van der Waals surface area contributed by atoms with Crippen LogP contribution in [0, 0.1) is 0 Å². The van der Waals surface area contributed by atoms with Gasteiger partial charge in [-0.25, -0.2) is 0 Å². The molecule has 3 rings (SSSR count). The molecular weight excluding hydrogens is 218 g/mol. The molecule has 5 heteroatoms. The molecule has 1 aromatic rings. The molecule has 0 bridgehead atoms. The molecule has 1 saturated heterocycles. The van der Waals surface area contributed by atoms with Crippen molar-refractivity contribution in [3.63, 3.8) is 0 Å². The van der Waals surface area contributed by atoms with E-state index >= 15 is 0 Å². The Bertz CT molecular complexity index is 359. The Labute approximate surface area is 101 Å². The highest BCUT2D eigenvalue weighted by atomic mass is 16.5. The number of hydrogen-bond acceptors (Lipinski definition) is 5. The van der Waals surface area contributed by atoms with Crippen LogP contribution in [0.25, 0.3) is 0 Å². The lowest BCUT2D eigenvalue weighted by atomic mass is 10.3. The number of nitrogens with zero attached hydrogens (tertiary/aromatic N) is 2. The van der Waals surface area contributed by atoms with E-state index in [1.807, 2.05) is 12.1 Å². The number of ether oxygens (including phenoxy) is 2. The van der Waals surface area contributed by atoms with Gasteiger partial charge in [0.2, 0.25) is 5.88 Å². The standard InChI is InChI=1S/C12H17N3O2/c1-2-9(1)13-7-10-3-4-12(15-14-10)17-11-5-6-16-8-11/h3-4,9,11,13H,1-2,5-8H2. The second kappa shape index (κ2) is 4.98. The van der Waals surface area contributed by atoms with Gasteiger partial charge < -0.3 is 14.8 Å². The summed E-state index contributed by atoms with van der Waals surface area (Å²) in [5.74, 6) is 0.593. The van der Waals surface area contributed by atoms with E-state index in [2.05, 4.69) is 15.5 Å². The summed E-state index contributed by atoms with van der Waals surface area (Å²) in [7, 11) is 0. The van der Waals surface area contributed by atoms with Gasteiger partial charge in [-0.1, -0.05) is 0 Å². The molecule has 2 aliphatic rings. The van der Waals surface area contributed by atoms with Crippen LogP contribution in [0.5, 0.6) is 5.88 Å². The molecule has 0 radical (unpaired) electrons. The van der Waals surface area contributed by atoms with Gasteiger partial charge in [0.15, 0.2) is 0 Å². The molecule has 2 fully saturated rings. The third-order valence-corrected chi connectivity index (χ3v) is 3.02. The van der Waals surface area contributed by atoms with Crippen LogP contribution in [0.4, 0.5) is 0 Å². The van der Waals surface area contributed by atoms with Crippen LogP contribution < -0.4 is 10.1 Å². The van der Waals surface area contributed by atoms with Crippen molar-refractivity contribution in [3.05, 3.63) is 17.8 Å². The van der Waals surface area contributed by atoms with Crippen molar-refractivity contribution in [2.75, 3.05) is 13.2 Å². The van der Waals surface area contributed by atoms with Gasteiger partial charge in [-0.3, -0.25) is 0 Å². The van der Waals surface area contributed by atoms with E-state index in [-0.39, 0.29) is 6.10 Å². The van der Waals surface area contributed by atoms with E-state index in [0.29, 0.717) is 18.5 Å². The third kappa shape index (κ3) is 3.14. The van der Waals surface area contributed by atoms with Crippen LogP contribution in [0.3, 0.4) is 0 Å². The van der Waals surface area contributed by atoms with Crippen molar-refractivity contribution in [1.82, 2.24) is 15.5 Å². The lowest BCUT2D eigenvalue weighted by Crippen LogP contribution is -2.18. The summed E-state index contributed by atoms with van der Waals surface area (Å²) in [6.45, 7) is 2.23. The summed E-state index contributed by atoms with van der Waals surface area (Å²) >= 11 is 0. The zero-order valence-corrected chi connectivity index (χ0v) is 9.76. The Kier molecular flexibility index (Phi) is 3.20. The topological polar surface area (TPSA) is 56.3 Å². The molecule has 0 aromatic carbocycles. The highest BCUT2D eigenvalue weighted by Gasteiger charge is 2.20. The van der Waals surface area contributed by atoms with Crippen molar-refractivity contribution in [2.45, 2.75) is 38.0 Å². The second-order valence-corrected chi connectivity index (χ2v) is 4.62. The van der Waals surface area contributed by atoms with Crippen LogP contribution in [0.1, 0.15) is 25.0 Å². The molecule has 92 valence electrons. The predicted molar refractivity (Wildman–Crippen MR) is 61.7 cm³/mol. The molecule has 0 amide bonds. The molecule has 1 saturated carbocycles. The van der Waals surface area contributed by atoms with Gasteiger partial charge in [0.25, 0.3) is 0 Å². The van der Waals surface area contributed by atoms with E-state index < -0.39 is 0 Å². The lowest BCUT2D eigenvalue weighted by molar-refractivity contribution is 0.137. The number of rotatable bonds is 5. The zero-order valence-electron chi connectivity index (χ0n) is 9.76. The number of nitrogens with one attached hydrogen (secondary N) is 1. The smallest absolute Gasteiger partial charge is 0.233 e. The minimum Gasteiger partial charge on any atom is -0.471 e. The highest BCUT2D eigenvalue weighted by molar-refractivity contribution is 5.12. The van der Waals surface area contributed by atoms with Gasteiger partial charge in [0.1, 0.15) is 6.10 Å². The molecule has 5 nitrogen and oxygen atoms in total. The molecule has 1 aliphatic heterocycles. The normalized spacial score (nSPS) is 23.9. The predicted octanol–water partition coefficient (Wildman–Crippen LogP) is 0.896.